The summed E-state index contributed by atoms with van der Waals surface area (Å²) in [5.74, 6) is 1.95. The summed E-state index contributed by atoms with van der Waals surface area (Å²) in [6.07, 6.45) is 0. The standard InChI is InChI=1S/C22H21BrN4O3S/c1-12-13(2)16(9-8-15(12)23)24-19(28)11-31-22-26-25-21(27(22)3)18-10-14-6-5-7-17(29-4)20(14)30-18/h5-10H,11H2,1-4H3,(H,24,28). The van der Waals surface area contributed by atoms with E-state index in [2.05, 4.69) is 31.4 Å². The first kappa shape index (κ1) is 21.5. The Morgan fingerprint density at radius 2 is 2.03 bits per heavy atom. The maximum atomic E-state index is 12.5. The van der Waals surface area contributed by atoms with Crippen LogP contribution in [0.2, 0.25) is 0 Å². The van der Waals surface area contributed by atoms with Crippen molar-refractivity contribution >= 4 is 50.3 Å². The van der Waals surface area contributed by atoms with E-state index in [0.717, 1.165) is 26.7 Å². The molecule has 0 aliphatic heterocycles. The largest absolute Gasteiger partial charge is 0.493 e. The molecule has 0 saturated carbocycles. The normalized spacial score (nSPS) is 11.1. The monoisotopic (exact) mass is 500 g/mol. The molecule has 1 amide bonds. The third kappa shape index (κ3) is 4.20. The Balaban J connectivity index is 1.48. The summed E-state index contributed by atoms with van der Waals surface area (Å²) in [5.41, 5.74) is 3.61. The molecule has 0 aliphatic carbocycles. The molecule has 0 radical (unpaired) electrons. The van der Waals surface area contributed by atoms with Gasteiger partial charge in [-0.1, -0.05) is 39.8 Å². The second-order valence-electron chi connectivity index (χ2n) is 7.04. The molecule has 2 aromatic carbocycles. The van der Waals surface area contributed by atoms with E-state index in [4.69, 9.17) is 9.15 Å². The summed E-state index contributed by atoms with van der Waals surface area (Å²) in [7, 11) is 3.46. The molecule has 7 nitrogen and oxygen atoms in total. The molecule has 2 heterocycles. The Hall–Kier alpha value is -2.78. The molecule has 0 spiro atoms. The van der Waals surface area contributed by atoms with E-state index in [0.29, 0.717) is 28.1 Å². The van der Waals surface area contributed by atoms with Crippen LogP contribution in [-0.4, -0.2) is 33.5 Å². The van der Waals surface area contributed by atoms with Gasteiger partial charge in [0.1, 0.15) is 0 Å². The maximum Gasteiger partial charge on any atom is 0.234 e. The van der Waals surface area contributed by atoms with Gasteiger partial charge in [-0.05, 0) is 49.2 Å². The average molecular weight is 501 g/mol. The molecule has 2 aromatic heterocycles. The van der Waals surface area contributed by atoms with Gasteiger partial charge in [0.25, 0.3) is 0 Å². The zero-order valence-corrected chi connectivity index (χ0v) is 19.9. The molecule has 0 aliphatic rings. The number of hydrogen-bond donors (Lipinski definition) is 1. The van der Waals surface area contributed by atoms with Crippen LogP contribution in [0.5, 0.6) is 5.75 Å². The van der Waals surface area contributed by atoms with Gasteiger partial charge in [0.05, 0.1) is 12.9 Å². The Morgan fingerprint density at radius 1 is 1.23 bits per heavy atom. The van der Waals surface area contributed by atoms with Gasteiger partial charge in [0.15, 0.2) is 28.1 Å². The quantitative estimate of drug-likeness (QED) is 0.359. The highest BCUT2D eigenvalue weighted by molar-refractivity contribution is 9.10. The molecule has 0 unspecified atom stereocenters. The maximum absolute atomic E-state index is 12.5. The van der Waals surface area contributed by atoms with Crippen molar-refractivity contribution < 1.29 is 13.9 Å². The molecule has 4 rings (SSSR count). The van der Waals surface area contributed by atoms with Crippen molar-refractivity contribution in [1.29, 1.82) is 0 Å². The van der Waals surface area contributed by atoms with Crippen molar-refractivity contribution in [3.05, 3.63) is 52.0 Å². The number of furan rings is 1. The van der Waals surface area contributed by atoms with Crippen molar-refractivity contribution in [2.75, 3.05) is 18.2 Å². The number of halogens is 1. The summed E-state index contributed by atoms with van der Waals surface area (Å²) >= 11 is 4.83. The molecular weight excluding hydrogens is 480 g/mol. The van der Waals surface area contributed by atoms with Gasteiger partial charge in [-0.25, -0.2) is 0 Å². The number of carbonyl (C=O) groups excluding carboxylic acids is 1. The summed E-state index contributed by atoms with van der Waals surface area (Å²) < 4.78 is 14.2. The molecular formula is C22H21BrN4O3S. The summed E-state index contributed by atoms with van der Waals surface area (Å²) in [4.78, 5) is 12.5. The highest BCUT2D eigenvalue weighted by atomic mass is 79.9. The number of ether oxygens (including phenoxy) is 1. The van der Waals surface area contributed by atoms with Gasteiger partial charge in [0.2, 0.25) is 5.91 Å². The first-order valence-electron chi connectivity index (χ1n) is 9.53. The number of rotatable bonds is 6. The average Bonchev–Trinajstić information content (AvgIpc) is 3.35. The number of nitrogens with one attached hydrogen (secondary N) is 1. The van der Waals surface area contributed by atoms with Crippen molar-refractivity contribution in [2.45, 2.75) is 19.0 Å². The number of carbonyl (C=O) groups is 1. The minimum Gasteiger partial charge on any atom is -0.493 e. The Morgan fingerprint density at radius 3 is 2.81 bits per heavy atom. The number of benzene rings is 2. The highest BCUT2D eigenvalue weighted by Gasteiger charge is 2.18. The van der Waals surface area contributed by atoms with Crippen molar-refractivity contribution in [1.82, 2.24) is 14.8 Å². The number of methoxy groups -OCH3 is 1. The number of hydrogen-bond acceptors (Lipinski definition) is 6. The number of amides is 1. The zero-order chi connectivity index (χ0) is 22.1. The topological polar surface area (TPSA) is 82.2 Å². The van der Waals surface area contributed by atoms with Gasteiger partial charge in [0, 0.05) is 22.6 Å². The number of anilines is 1. The number of aromatic nitrogens is 3. The van der Waals surface area contributed by atoms with E-state index in [9.17, 15) is 4.79 Å². The fourth-order valence-corrected chi connectivity index (χ4v) is 4.34. The third-order valence-electron chi connectivity index (χ3n) is 5.11. The molecule has 0 bridgehead atoms. The molecule has 31 heavy (non-hydrogen) atoms. The van der Waals surface area contributed by atoms with Crippen LogP contribution in [0, 0.1) is 13.8 Å². The fourth-order valence-electron chi connectivity index (χ4n) is 3.20. The molecule has 4 aromatic rings. The lowest BCUT2D eigenvalue weighted by atomic mass is 10.1. The van der Waals surface area contributed by atoms with Crippen LogP contribution in [0.15, 0.2) is 50.4 Å². The minimum absolute atomic E-state index is 0.104. The van der Waals surface area contributed by atoms with E-state index < -0.39 is 0 Å². The van der Waals surface area contributed by atoms with E-state index in [1.807, 2.05) is 61.9 Å². The molecule has 160 valence electrons. The van der Waals surface area contributed by atoms with E-state index in [-0.39, 0.29) is 11.7 Å². The predicted octanol–water partition coefficient (Wildman–Crippen LogP) is 5.35. The number of para-hydroxylation sites is 1. The van der Waals surface area contributed by atoms with Gasteiger partial charge in [-0.3, -0.25) is 4.79 Å². The number of fused-ring (bicyclic) bond motifs is 1. The van der Waals surface area contributed by atoms with Crippen molar-refractivity contribution in [2.24, 2.45) is 7.05 Å². The first-order valence-corrected chi connectivity index (χ1v) is 11.3. The van der Waals surface area contributed by atoms with Gasteiger partial charge in [-0.15, -0.1) is 10.2 Å². The van der Waals surface area contributed by atoms with Crippen LogP contribution in [0.4, 0.5) is 5.69 Å². The fraction of sp³-hybridized carbons (Fsp3) is 0.227. The lowest BCUT2D eigenvalue weighted by Crippen LogP contribution is -2.15. The summed E-state index contributed by atoms with van der Waals surface area (Å²) in [5, 5.41) is 13.0. The molecule has 0 saturated heterocycles. The Kier molecular flexibility index (Phi) is 6.06. The van der Waals surface area contributed by atoms with Crippen molar-refractivity contribution in [3.8, 4) is 17.3 Å². The van der Waals surface area contributed by atoms with Crippen LogP contribution in [0.25, 0.3) is 22.6 Å². The zero-order valence-electron chi connectivity index (χ0n) is 17.5. The minimum atomic E-state index is -0.104. The molecule has 0 fully saturated rings. The van der Waals surface area contributed by atoms with Crippen molar-refractivity contribution in [3.63, 3.8) is 0 Å². The van der Waals surface area contributed by atoms with Gasteiger partial charge < -0.3 is 19.0 Å². The summed E-state index contributed by atoms with van der Waals surface area (Å²) in [6, 6.07) is 11.4. The highest BCUT2D eigenvalue weighted by Crippen LogP contribution is 2.33. The lowest BCUT2D eigenvalue weighted by Gasteiger charge is -2.11. The smallest absolute Gasteiger partial charge is 0.234 e. The molecule has 1 N–H and O–H groups in total. The van der Waals surface area contributed by atoms with E-state index >= 15 is 0 Å². The van der Waals surface area contributed by atoms with Gasteiger partial charge >= 0.3 is 0 Å². The van der Waals surface area contributed by atoms with Crippen LogP contribution in [0.1, 0.15) is 11.1 Å². The summed E-state index contributed by atoms with van der Waals surface area (Å²) in [6.45, 7) is 4.00. The van der Waals surface area contributed by atoms with Crippen LogP contribution in [-0.2, 0) is 11.8 Å². The van der Waals surface area contributed by atoms with E-state index in [1.165, 1.54) is 11.8 Å². The number of nitrogens with zero attached hydrogens (tertiary/aromatic N) is 3. The Labute approximate surface area is 192 Å². The second kappa shape index (κ2) is 8.76. The van der Waals surface area contributed by atoms with Crippen LogP contribution >= 0.6 is 27.7 Å². The first-order chi connectivity index (χ1) is 14.9. The molecule has 0 atom stereocenters. The van der Waals surface area contributed by atoms with Crippen LogP contribution in [0.3, 0.4) is 0 Å². The van der Waals surface area contributed by atoms with Crippen LogP contribution < -0.4 is 10.1 Å². The van der Waals surface area contributed by atoms with E-state index in [1.54, 1.807) is 7.11 Å². The third-order valence-corrected chi connectivity index (χ3v) is 6.99. The SMILES string of the molecule is COc1cccc2cc(-c3nnc(SCC(=O)Nc4ccc(Br)c(C)c4C)n3C)oc12. The molecule has 9 heteroatoms. The van der Waals surface area contributed by atoms with Gasteiger partial charge in [-0.2, -0.15) is 0 Å². The second-order valence-corrected chi connectivity index (χ2v) is 8.83. The number of thioether (sulfide) groups is 1. The Bertz CT molecular complexity index is 1280. The predicted molar refractivity (Wildman–Crippen MR) is 126 cm³/mol. The lowest BCUT2D eigenvalue weighted by molar-refractivity contribution is -0.113.